The van der Waals surface area contributed by atoms with Crippen LogP contribution in [0.15, 0.2) is 42.5 Å². The maximum Gasteiger partial charge on any atom is 0.231 e. The lowest BCUT2D eigenvalue weighted by molar-refractivity contribution is -0.353. The van der Waals surface area contributed by atoms with Crippen LogP contribution >= 0.6 is 0 Å². The quantitative estimate of drug-likeness (QED) is 0.401. The third kappa shape index (κ3) is 4.61. The van der Waals surface area contributed by atoms with E-state index in [4.69, 9.17) is 19.2 Å². The summed E-state index contributed by atoms with van der Waals surface area (Å²) in [7, 11) is 0. The molecular weight excluding hydrogens is 280 g/mol. The highest BCUT2D eigenvalue weighted by Crippen LogP contribution is 2.32. The van der Waals surface area contributed by atoms with Gasteiger partial charge < -0.3 is 9.47 Å². The summed E-state index contributed by atoms with van der Waals surface area (Å²) in [6.07, 6.45) is 5.72. The summed E-state index contributed by atoms with van der Waals surface area (Å²) in [6, 6.07) is 5.72. The van der Waals surface area contributed by atoms with Gasteiger partial charge in [-0.1, -0.05) is 23.8 Å². The van der Waals surface area contributed by atoms with Crippen LogP contribution in [-0.2, 0) is 16.4 Å². The molecule has 4 nitrogen and oxygen atoms in total. The Bertz CT molecular complexity index is 546. The van der Waals surface area contributed by atoms with Gasteiger partial charge in [0.05, 0.1) is 0 Å². The summed E-state index contributed by atoms with van der Waals surface area (Å²) in [5.41, 5.74) is 1.77. The molecule has 0 saturated heterocycles. The molecule has 1 aromatic carbocycles. The number of hydrogen-bond acceptors (Lipinski definition) is 4. The van der Waals surface area contributed by atoms with Crippen LogP contribution < -0.4 is 9.47 Å². The number of benzene rings is 1. The Morgan fingerprint density at radius 2 is 2.09 bits per heavy atom. The Balaban J connectivity index is 1.83. The molecule has 0 aliphatic carbocycles. The van der Waals surface area contributed by atoms with Crippen LogP contribution in [0.3, 0.4) is 0 Å². The minimum atomic E-state index is -0.498. The molecule has 0 spiro atoms. The standard InChI is InChI=1S/C18H24O4/c1-5-18(4,10-6-7-14(2)3)22-21-12-15-8-9-16-17(11-15)20-13-19-16/h5,7-9,11H,1,6,10,12-13H2,2-4H3. The molecule has 0 fully saturated rings. The van der Waals surface area contributed by atoms with E-state index >= 15 is 0 Å². The van der Waals surface area contributed by atoms with Gasteiger partial charge in [0.2, 0.25) is 6.79 Å². The second-order valence-corrected chi connectivity index (χ2v) is 5.87. The van der Waals surface area contributed by atoms with Crippen LogP contribution in [-0.4, -0.2) is 12.4 Å². The molecular formula is C18H24O4. The average molecular weight is 304 g/mol. The van der Waals surface area contributed by atoms with E-state index in [9.17, 15) is 0 Å². The zero-order valence-corrected chi connectivity index (χ0v) is 13.6. The van der Waals surface area contributed by atoms with E-state index in [1.807, 2.05) is 25.1 Å². The van der Waals surface area contributed by atoms with Crippen molar-refractivity contribution in [3.8, 4) is 11.5 Å². The Kier molecular flexibility index (Phi) is 5.63. The van der Waals surface area contributed by atoms with Crippen molar-refractivity contribution in [2.24, 2.45) is 0 Å². The fraction of sp³-hybridized carbons (Fsp3) is 0.444. The van der Waals surface area contributed by atoms with Crippen molar-refractivity contribution < 1.29 is 19.2 Å². The van der Waals surface area contributed by atoms with Crippen LogP contribution in [0.1, 0.15) is 39.2 Å². The van der Waals surface area contributed by atoms with Gasteiger partial charge in [0.15, 0.2) is 11.5 Å². The van der Waals surface area contributed by atoms with Crippen molar-refractivity contribution in [3.63, 3.8) is 0 Å². The van der Waals surface area contributed by atoms with E-state index < -0.39 is 5.60 Å². The van der Waals surface area contributed by atoms with Gasteiger partial charge in [0, 0.05) is 0 Å². The summed E-state index contributed by atoms with van der Waals surface area (Å²) in [5.74, 6) is 1.51. The number of hydrogen-bond donors (Lipinski definition) is 0. The predicted octanol–water partition coefficient (Wildman–Crippen LogP) is 4.55. The van der Waals surface area contributed by atoms with E-state index in [-0.39, 0.29) is 6.79 Å². The van der Waals surface area contributed by atoms with Crippen LogP contribution in [0.4, 0.5) is 0 Å². The SMILES string of the molecule is C=CC(C)(CCC=C(C)C)OOCc1ccc2c(c1)OCO2. The molecule has 22 heavy (non-hydrogen) atoms. The number of fused-ring (bicyclic) bond motifs is 1. The lowest BCUT2D eigenvalue weighted by Gasteiger charge is -2.24. The van der Waals surface area contributed by atoms with E-state index in [1.54, 1.807) is 6.08 Å². The lowest BCUT2D eigenvalue weighted by Crippen LogP contribution is -2.25. The molecule has 2 rings (SSSR count). The third-order valence-corrected chi connectivity index (χ3v) is 3.54. The smallest absolute Gasteiger partial charge is 0.231 e. The number of ether oxygens (including phenoxy) is 2. The summed E-state index contributed by atoms with van der Waals surface area (Å²) in [6.45, 7) is 10.6. The Labute approximate surface area is 132 Å². The molecule has 0 bridgehead atoms. The molecule has 0 amide bonds. The number of allylic oxidation sites excluding steroid dienone is 2. The first-order valence-corrected chi connectivity index (χ1v) is 7.48. The maximum atomic E-state index is 5.56. The predicted molar refractivity (Wildman–Crippen MR) is 85.7 cm³/mol. The summed E-state index contributed by atoms with van der Waals surface area (Å²) in [4.78, 5) is 11.0. The van der Waals surface area contributed by atoms with Gasteiger partial charge in [-0.15, -0.1) is 6.58 Å². The van der Waals surface area contributed by atoms with E-state index in [0.717, 1.165) is 29.9 Å². The molecule has 0 N–H and O–H groups in total. The topological polar surface area (TPSA) is 36.9 Å². The lowest BCUT2D eigenvalue weighted by atomic mass is 10.00. The summed E-state index contributed by atoms with van der Waals surface area (Å²) >= 11 is 0. The first-order valence-electron chi connectivity index (χ1n) is 7.48. The van der Waals surface area contributed by atoms with Gasteiger partial charge in [0.1, 0.15) is 12.2 Å². The largest absolute Gasteiger partial charge is 0.454 e. The second kappa shape index (κ2) is 7.47. The highest BCUT2D eigenvalue weighted by molar-refractivity contribution is 5.44. The van der Waals surface area contributed by atoms with Crippen molar-refractivity contribution in [2.45, 2.75) is 45.8 Å². The number of rotatable bonds is 8. The summed E-state index contributed by atoms with van der Waals surface area (Å²) in [5, 5.41) is 0. The van der Waals surface area contributed by atoms with Gasteiger partial charge in [-0.2, -0.15) is 0 Å². The average Bonchev–Trinajstić information content (AvgIpc) is 2.94. The Morgan fingerprint density at radius 3 is 2.82 bits per heavy atom. The van der Waals surface area contributed by atoms with Crippen LogP contribution in [0.2, 0.25) is 0 Å². The van der Waals surface area contributed by atoms with Gasteiger partial charge in [0.25, 0.3) is 0 Å². The van der Waals surface area contributed by atoms with Crippen molar-refractivity contribution in [2.75, 3.05) is 6.79 Å². The van der Waals surface area contributed by atoms with E-state index in [2.05, 4.69) is 26.5 Å². The molecule has 0 aromatic heterocycles. The van der Waals surface area contributed by atoms with Crippen molar-refractivity contribution >= 4 is 0 Å². The molecule has 1 heterocycles. The van der Waals surface area contributed by atoms with Gasteiger partial charge in [-0.3, -0.25) is 0 Å². The normalized spacial score (nSPS) is 15.2. The molecule has 1 aromatic rings. The third-order valence-electron chi connectivity index (χ3n) is 3.54. The molecule has 0 saturated carbocycles. The molecule has 1 aliphatic heterocycles. The molecule has 1 aliphatic rings. The Morgan fingerprint density at radius 1 is 1.32 bits per heavy atom. The second-order valence-electron chi connectivity index (χ2n) is 5.87. The van der Waals surface area contributed by atoms with Crippen LogP contribution in [0, 0.1) is 0 Å². The fourth-order valence-electron chi connectivity index (χ4n) is 2.09. The molecule has 1 atom stereocenters. The monoisotopic (exact) mass is 304 g/mol. The minimum Gasteiger partial charge on any atom is -0.454 e. The highest BCUT2D eigenvalue weighted by Gasteiger charge is 2.22. The first kappa shape index (κ1) is 16.6. The van der Waals surface area contributed by atoms with Gasteiger partial charge >= 0.3 is 0 Å². The maximum absolute atomic E-state index is 5.56. The van der Waals surface area contributed by atoms with Crippen molar-refractivity contribution in [1.82, 2.24) is 0 Å². The molecule has 4 heteroatoms. The zero-order valence-electron chi connectivity index (χ0n) is 13.6. The molecule has 120 valence electrons. The van der Waals surface area contributed by atoms with Gasteiger partial charge in [-0.25, -0.2) is 9.78 Å². The van der Waals surface area contributed by atoms with E-state index in [1.165, 1.54) is 5.57 Å². The summed E-state index contributed by atoms with van der Waals surface area (Å²) < 4.78 is 10.6. The zero-order chi connectivity index (χ0) is 16.0. The molecule has 0 radical (unpaired) electrons. The highest BCUT2D eigenvalue weighted by atomic mass is 17.2. The van der Waals surface area contributed by atoms with Crippen molar-refractivity contribution in [1.29, 1.82) is 0 Å². The van der Waals surface area contributed by atoms with Gasteiger partial charge in [-0.05, 0) is 51.3 Å². The van der Waals surface area contributed by atoms with Crippen LogP contribution in [0.25, 0.3) is 0 Å². The van der Waals surface area contributed by atoms with Crippen molar-refractivity contribution in [3.05, 3.63) is 48.1 Å². The minimum absolute atomic E-state index is 0.273. The molecule has 1 unspecified atom stereocenters. The van der Waals surface area contributed by atoms with E-state index in [0.29, 0.717) is 6.61 Å². The first-order chi connectivity index (χ1) is 10.5. The van der Waals surface area contributed by atoms with Crippen LogP contribution in [0.5, 0.6) is 11.5 Å². The fourth-order valence-corrected chi connectivity index (χ4v) is 2.09. The Hall–Kier alpha value is -1.78.